The largest absolute Gasteiger partial charge is 0.452 e. The average molecular weight is 417 g/mol. The summed E-state index contributed by atoms with van der Waals surface area (Å²) in [4.78, 5) is 34.7. The second-order valence-corrected chi connectivity index (χ2v) is 7.00. The summed E-state index contributed by atoms with van der Waals surface area (Å²) >= 11 is 7.71. The van der Waals surface area contributed by atoms with E-state index in [0.717, 1.165) is 10.1 Å². The zero-order valence-corrected chi connectivity index (χ0v) is 15.8. The van der Waals surface area contributed by atoms with Gasteiger partial charge in [0.2, 0.25) is 0 Å². The van der Waals surface area contributed by atoms with Crippen LogP contribution in [-0.4, -0.2) is 23.4 Å². The Hall–Kier alpha value is -3.23. The van der Waals surface area contributed by atoms with Gasteiger partial charge >= 0.3 is 5.97 Å². The topological polar surface area (TPSA) is 98.5 Å². The highest BCUT2D eigenvalue weighted by molar-refractivity contribution is 7.20. The molecule has 9 heteroatoms. The van der Waals surface area contributed by atoms with Crippen molar-refractivity contribution >= 4 is 62.4 Å². The van der Waals surface area contributed by atoms with Gasteiger partial charge in [0.15, 0.2) is 6.61 Å². The Balaban J connectivity index is 1.58. The molecule has 1 heterocycles. The lowest BCUT2D eigenvalue weighted by Crippen LogP contribution is -2.20. The first kappa shape index (κ1) is 19.5. The van der Waals surface area contributed by atoms with E-state index in [1.807, 2.05) is 24.3 Å². The van der Waals surface area contributed by atoms with Gasteiger partial charge in [-0.25, -0.2) is 4.79 Å². The molecule has 1 amide bonds. The van der Waals surface area contributed by atoms with Crippen LogP contribution in [0.4, 0.5) is 11.4 Å². The quantitative estimate of drug-likeness (QED) is 0.273. The van der Waals surface area contributed by atoms with Crippen molar-refractivity contribution in [1.29, 1.82) is 0 Å². The standard InChI is InChI=1S/C19H13ClN2O5S/c20-19-12-5-1-4-8-15(12)28-16(19)9-10-18(24)27-11-17(23)21-13-6-2-3-7-14(13)22(25)26/h1-10H,11H2,(H,21,23)/b10-9+. The molecule has 3 rings (SSSR count). The van der Waals surface area contributed by atoms with E-state index in [4.69, 9.17) is 16.3 Å². The third kappa shape index (κ3) is 4.54. The lowest BCUT2D eigenvalue weighted by atomic mass is 10.2. The maximum atomic E-state index is 11.9. The minimum atomic E-state index is -0.730. The Bertz CT molecular complexity index is 1090. The molecule has 1 N–H and O–H groups in total. The maximum absolute atomic E-state index is 11.9. The third-order valence-electron chi connectivity index (χ3n) is 3.65. The van der Waals surface area contributed by atoms with Crippen molar-refractivity contribution in [2.24, 2.45) is 0 Å². The zero-order valence-electron chi connectivity index (χ0n) is 14.3. The van der Waals surface area contributed by atoms with Gasteiger partial charge in [0, 0.05) is 27.1 Å². The molecule has 0 saturated heterocycles. The van der Waals surface area contributed by atoms with E-state index in [2.05, 4.69) is 5.32 Å². The number of nitro groups is 1. The fraction of sp³-hybridized carbons (Fsp3) is 0.0526. The van der Waals surface area contributed by atoms with E-state index in [0.29, 0.717) is 9.90 Å². The molecule has 28 heavy (non-hydrogen) atoms. The van der Waals surface area contributed by atoms with Crippen molar-refractivity contribution in [3.8, 4) is 0 Å². The van der Waals surface area contributed by atoms with Crippen LogP contribution in [0.15, 0.2) is 54.6 Å². The van der Waals surface area contributed by atoms with E-state index < -0.39 is 23.4 Å². The number of thiophene rings is 1. The molecule has 142 valence electrons. The van der Waals surface area contributed by atoms with Crippen molar-refractivity contribution in [3.63, 3.8) is 0 Å². The molecule has 0 fully saturated rings. The summed E-state index contributed by atoms with van der Waals surface area (Å²) in [7, 11) is 0. The molecule has 0 bridgehead atoms. The second kappa shape index (κ2) is 8.64. The fourth-order valence-corrected chi connectivity index (χ4v) is 3.79. The zero-order chi connectivity index (χ0) is 20.1. The van der Waals surface area contributed by atoms with Crippen LogP contribution in [0.5, 0.6) is 0 Å². The molecule has 2 aromatic carbocycles. The summed E-state index contributed by atoms with van der Waals surface area (Å²) < 4.78 is 5.86. The van der Waals surface area contributed by atoms with Gasteiger partial charge in [0.25, 0.3) is 11.6 Å². The Morgan fingerprint density at radius 2 is 1.89 bits per heavy atom. The van der Waals surface area contributed by atoms with Crippen molar-refractivity contribution in [3.05, 3.63) is 74.6 Å². The van der Waals surface area contributed by atoms with Crippen LogP contribution in [0.2, 0.25) is 5.02 Å². The Morgan fingerprint density at radius 3 is 2.64 bits per heavy atom. The Labute approximate surface area is 168 Å². The smallest absolute Gasteiger partial charge is 0.331 e. The first-order valence-corrected chi connectivity index (χ1v) is 9.20. The number of halogens is 1. The van der Waals surface area contributed by atoms with Gasteiger partial charge in [-0.3, -0.25) is 14.9 Å². The molecule has 0 unspecified atom stereocenters. The van der Waals surface area contributed by atoms with E-state index in [9.17, 15) is 19.7 Å². The number of benzene rings is 2. The molecule has 7 nitrogen and oxygen atoms in total. The molecule has 1 aromatic heterocycles. The number of anilines is 1. The SMILES string of the molecule is O=C(COC(=O)/C=C/c1sc2ccccc2c1Cl)Nc1ccccc1[N+](=O)[O-]. The molecule has 0 spiro atoms. The number of ether oxygens (including phenoxy) is 1. The third-order valence-corrected chi connectivity index (χ3v) is 5.31. The number of hydrogen-bond donors (Lipinski definition) is 1. The molecule has 0 aliphatic rings. The highest BCUT2D eigenvalue weighted by Gasteiger charge is 2.15. The number of amides is 1. The Kier molecular flexibility index (Phi) is 6.03. The van der Waals surface area contributed by atoms with Crippen LogP contribution in [0.25, 0.3) is 16.2 Å². The molecule has 0 radical (unpaired) electrons. The predicted molar refractivity (Wildman–Crippen MR) is 109 cm³/mol. The van der Waals surface area contributed by atoms with Gasteiger partial charge in [-0.2, -0.15) is 0 Å². The number of hydrogen-bond acceptors (Lipinski definition) is 6. The summed E-state index contributed by atoms with van der Waals surface area (Å²) in [6.07, 6.45) is 2.70. The molecule has 3 aromatic rings. The normalized spacial score (nSPS) is 10.9. The van der Waals surface area contributed by atoms with Gasteiger partial charge in [-0.05, 0) is 18.2 Å². The van der Waals surface area contributed by atoms with Crippen LogP contribution in [0, 0.1) is 10.1 Å². The highest BCUT2D eigenvalue weighted by Crippen LogP contribution is 2.35. The van der Waals surface area contributed by atoms with Gasteiger partial charge in [0.1, 0.15) is 5.69 Å². The molecule has 0 aliphatic carbocycles. The summed E-state index contributed by atoms with van der Waals surface area (Å²) in [6.45, 7) is -0.574. The molecular weight excluding hydrogens is 404 g/mol. The first-order valence-electron chi connectivity index (χ1n) is 8.01. The monoisotopic (exact) mass is 416 g/mol. The minimum absolute atomic E-state index is 0.0288. The number of esters is 1. The van der Waals surface area contributed by atoms with Crippen molar-refractivity contribution in [2.75, 3.05) is 11.9 Å². The van der Waals surface area contributed by atoms with E-state index in [1.54, 1.807) is 6.07 Å². The van der Waals surface area contributed by atoms with Gasteiger partial charge in [-0.15, -0.1) is 11.3 Å². The number of nitro benzene ring substituents is 1. The van der Waals surface area contributed by atoms with Crippen LogP contribution < -0.4 is 5.32 Å². The summed E-state index contributed by atoms with van der Waals surface area (Å²) in [6, 6.07) is 13.3. The number of rotatable bonds is 6. The van der Waals surface area contributed by atoms with E-state index in [1.165, 1.54) is 41.7 Å². The van der Waals surface area contributed by atoms with Gasteiger partial charge < -0.3 is 10.1 Å². The van der Waals surface area contributed by atoms with Crippen LogP contribution in [-0.2, 0) is 14.3 Å². The number of carbonyl (C=O) groups is 2. The number of nitrogens with zero attached hydrogens (tertiary/aromatic N) is 1. The van der Waals surface area contributed by atoms with E-state index in [-0.39, 0.29) is 11.4 Å². The number of fused-ring (bicyclic) bond motifs is 1. The number of carbonyl (C=O) groups excluding carboxylic acids is 2. The van der Waals surface area contributed by atoms with Crippen LogP contribution in [0.1, 0.15) is 4.88 Å². The molecule has 0 atom stereocenters. The lowest BCUT2D eigenvalue weighted by molar-refractivity contribution is -0.383. The van der Waals surface area contributed by atoms with E-state index >= 15 is 0 Å². The van der Waals surface area contributed by atoms with Crippen molar-refractivity contribution in [1.82, 2.24) is 0 Å². The minimum Gasteiger partial charge on any atom is -0.452 e. The molecule has 0 saturated carbocycles. The highest BCUT2D eigenvalue weighted by atomic mass is 35.5. The Morgan fingerprint density at radius 1 is 1.18 bits per heavy atom. The molecular formula is C19H13ClN2O5S. The predicted octanol–water partition coefficient (Wildman–Crippen LogP) is 4.66. The van der Waals surface area contributed by atoms with Crippen LogP contribution in [0.3, 0.4) is 0 Å². The summed E-state index contributed by atoms with van der Waals surface area (Å²) in [5, 5.41) is 14.7. The first-order chi connectivity index (χ1) is 13.5. The van der Waals surface area contributed by atoms with Gasteiger partial charge in [-0.1, -0.05) is 41.9 Å². The lowest BCUT2D eigenvalue weighted by Gasteiger charge is -2.05. The number of para-hydroxylation sites is 2. The molecule has 0 aliphatic heterocycles. The van der Waals surface area contributed by atoms with Gasteiger partial charge in [0.05, 0.1) is 9.95 Å². The second-order valence-electron chi connectivity index (χ2n) is 5.54. The average Bonchev–Trinajstić information content (AvgIpc) is 3.01. The summed E-state index contributed by atoms with van der Waals surface area (Å²) in [5.41, 5.74) is -0.220. The summed E-state index contributed by atoms with van der Waals surface area (Å²) in [5.74, 6) is -1.41. The van der Waals surface area contributed by atoms with Crippen molar-refractivity contribution in [2.45, 2.75) is 0 Å². The number of nitrogens with one attached hydrogen (secondary N) is 1. The fourth-order valence-electron chi connectivity index (χ4n) is 2.39. The maximum Gasteiger partial charge on any atom is 0.331 e. The van der Waals surface area contributed by atoms with Crippen molar-refractivity contribution < 1.29 is 19.2 Å². The van der Waals surface area contributed by atoms with Crippen LogP contribution >= 0.6 is 22.9 Å².